The van der Waals surface area contributed by atoms with Crippen LogP contribution in [0.5, 0.6) is 0 Å². The topological polar surface area (TPSA) is 167 Å². The van der Waals surface area contributed by atoms with E-state index in [4.69, 9.17) is 23.1 Å². The van der Waals surface area contributed by atoms with E-state index in [0.717, 1.165) is 12.7 Å². The minimum Gasteiger partial charge on any atom is -0.467 e. The number of alkyl carbamates (subject to hydrolysis) is 1. The van der Waals surface area contributed by atoms with Gasteiger partial charge < -0.3 is 33.5 Å². The second-order valence-electron chi connectivity index (χ2n) is 14.9. The molecule has 0 unspecified atom stereocenters. The molecule has 1 amide bonds. The molecule has 1 saturated heterocycles. The predicted octanol–water partition coefficient (Wildman–Crippen LogP) is 4.04. The molecule has 0 bridgehead atoms. The lowest BCUT2D eigenvalue weighted by atomic mass is 9.99. The third-order valence-corrected chi connectivity index (χ3v) is 18.4. The molecule has 3 N–H and O–H groups in total. The van der Waals surface area contributed by atoms with E-state index in [1.54, 1.807) is 24.3 Å². The van der Waals surface area contributed by atoms with Crippen molar-refractivity contribution in [3.05, 3.63) is 69.0 Å². The van der Waals surface area contributed by atoms with Gasteiger partial charge in [-0.2, -0.15) is 0 Å². The van der Waals surface area contributed by atoms with Crippen molar-refractivity contribution < 1.29 is 37.8 Å². The van der Waals surface area contributed by atoms with Gasteiger partial charge >= 0.3 is 17.8 Å². The van der Waals surface area contributed by atoms with E-state index < -0.39 is 76.6 Å². The number of amides is 1. The van der Waals surface area contributed by atoms with Crippen LogP contribution in [0.1, 0.15) is 53.3 Å². The molecule has 6 atom stereocenters. The minimum atomic E-state index is -2.66. The first kappa shape index (κ1) is 38.4. The number of nitrogens with one attached hydrogen (secondary N) is 2. The average Bonchev–Trinajstić information content (AvgIpc) is 3.29. The number of aliphatic hydroxyl groups excluding tert-OH is 1. The Kier molecular flexibility index (Phi) is 11.9. The number of rotatable bonds is 11. The molecular formula is C32H51N3O10Si2. The number of aromatic nitrogens is 2. The molecule has 1 aliphatic rings. The maximum Gasteiger partial charge on any atom is 0.408 e. The highest BCUT2D eigenvalue weighted by molar-refractivity contribution is 6.74. The van der Waals surface area contributed by atoms with Gasteiger partial charge in [-0.3, -0.25) is 14.3 Å². The molecule has 2 heterocycles. The molecule has 3 rings (SSSR count). The number of aromatic amines is 1. The maximum atomic E-state index is 13.1. The van der Waals surface area contributed by atoms with Gasteiger partial charge in [-0.05, 0) is 41.8 Å². The molecule has 2 aromatic rings. The van der Waals surface area contributed by atoms with Crippen LogP contribution in [0.15, 0.2) is 52.2 Å². The number of carbonyl (C=O) groups is 2. The molecule has 1 aliphatic heterocycles. The van der Waals surface area contributed by atoms with Crippen molar-refractivity contribution in [2.75, 3.05) is 7.11 Å². The van der Waals surface area contributed by atoms with E-state index in [0.29, 0.717) is 0 Å². The molecule has 0 radical (unpaired) electrons. The van der Waals surface area contributed by atoms with Crippen molar-refractivity contribution in [1.29, 1.82) is 0 Å². The molecule has 0 aliphatic carbocycles. The Morgan fingerprint density at radius 2 is 1.51 bits per heavy atom. The van der Waals surface area contributed by atoms with Crippen LogP contribution in [0.4, 0.5) is 4.79 Å². The number of benzene rings is 1. The zero-order valence-corrected chi connectivity index (χ0v) is 31.3. The number of ether oxygens (including phenoxy) is 3. The van der Waals surface area contributed by atoms with E-state index in [2.05, 4.69) is 51.8 Å². The van der Waals surface area contributed by atoms with Gasteiger partial charge in [-0.1, -0.05) is 71.9 Å². The van der Waals surface area contributed by atoms with Crippen LogP contribution >= 0.6 is 0 Å². The summed E-state index contributed by atoms with van der Waals surface area (Å²) in [6, 6.07) is 8.51. The Labute approximate surface area is 278 Å². The van der Waals surface area contributed by atoms with Crippen molar-refractivity contribution >= 4 is 28.7 Å². The van der Waals surface area contributed by atoms with Crippen molar-refractivity contribution in [1.82, 2.24) is 14.9 Å². The third-order valence-electron chi connectivity index (χ3n) is 9.44. The molecular weight excluding hydrogens is 643 g/mol. The van der Waals surface area contributed by atoms with E-state index in [1.807, 2.05) is 32.3 Å². The number of methoxy groups -OCH3 is 1. The first-order valence-electron chi connectivity index (χ1n) is 15.7. The second kappa shape index (κ2) is 14.6. The van der Waals surface area contributed by atoms with Crippen LogP contribution < -0.4 is 16.6 Å². The van der Waals surface area contributed by atoms with Crippen molar-refractivity contribution in [3.63, 3.8) is 0 Å². The zero-order chi connectivity index (χ0) is 35.5. The first-order chi connectivity index (χ1) is 21.6. The Morgan fingerprint density at radius 3 is 2.02 bits per heavy atom. The lowest BCUT2D eigenvalue weighted by molar-refractivity contribution is -0.152. The lowest BCUT2D eigenvalue weighted by Crippen LogP contribution is -2.59. The summed E-state index contributed by atoms with van der Waals surface area (Å²) in [4.78, 5) is 53.4. The monoisotopic (exact) mass is 693 g/mol. The summed E-state index contributed by atoms with van der Waals surface area (Å²) in [5.74, 6) is -0.949. The fourth-order valence-electron chi connectivity index (χ4n) is 4.58. The Balaban J connectivity index is 2.11. The number of H-pyrrole nitrogens is 1. The predicted molar refractivity (Wildman–Crippen MR) is 181 cm³/mol. The molecule has 1 fully saturated rings. The van der Waals surface area contributed by atoms with Crippen molar-refractivity contribution in [3.8, 4) is 0 Å². The molecule has 1 aromatic carbocycles. The number of aliphatic hydroxyl groups is 1. The number of carbonyl (C=O) groups excluding carboxylic acids is 2. The van der Waals surface area contributed by atoms with Crippen LogP contribution in [0, 0.1) is 0 Å². The Bertz CT molecular complexity index is 1500. The molecule has 262 valence electrons. The molecule has 15 heteroatoms. The van der Waals surface area contributed by atoms with Gasteiger partial charge in [0.25, 0.3) is 5.56 Å². The van der Waals surface area contributed by atoms with Crippen molar-refractivity contribution in [2.24, 2.45) is 0 Å². The SMILES string of the molecule is COC(=O)[C@@H](NC(=O)OCc1ccccc1)[C@H](O)[C@H]1O[C@@H](n2ccc(=O)[nH]c2=O)[C@H](O[Si](C)(C)C(C)(C)C)[C@@H]1O[Si](C)(C)C(C)(C)C. The molecule has 1 aromatic heterocycles. The lowest BCUT2D eigenvalue weighted by Gasteiger charge is -2.44. The summed E-state index contributed by atoms with van der Waals surface area (Å²) in [6.45, 7) is 20.4. The highest BCUT2D eigenvalue weighted by atomic mass is 28.4. The fourth-order valence-corrected chi connectivity index (χ4v) is 7.16. The number of hydrogen-bond donors (Lipinski definition) is 3. The van der Waals surface area contributed by atoms with Gasteiger partial charge in [-0.15, -0.1) is 0 Å². The van der Waals surface area contributed by atoms with Gasteiger partial charge in [0.15, 0.2) is 28.9 Å². The smallest absolute Gasteiger partial charge is 0.408 e. The number of hydrogen-bond acceptors (Lipinski definition) is 10. The molecule has 13 nitrogen and oxygen atoms in total. The summed E-state index contributed by atoms with van der Waals surface area (Å²) in [6.07, 6.45) is -5.87. The van der Waals surface area contributed by atoms with Gasteiger partial charge in [0.2, 0.25) is 0 Å². The van der Waals surface area contributed by atoms with Gasteiger partial charge in [0, 0.05) is 12.3 Å². The van der Waals surface area contributed by atoms with Crippen LogP contribution in [0.25, 0.3) is 0 Å². The Morgan fingerprint density at radius 1 is 0.957 bits per heavy atom. The summed E-state index contributed by atoms with van der Waals surface area (Å²) in [5, 5.41) is 13.8. The molecule has 0 saturated carbocycles. The summed E-state index contributed by atoms with van der Waals surface area (Å²) < 4.78 is 31.8. The second-order valence-corrected chi connectivity index (χ2v) is 24.4. The van der Waals surface area contributed by atoms with Gasteiger partial charge in [0.05, 0.1) is 7.11 Å². The van der Waals surface area contributed by atoms with E-state index >= 15 is 0 Å². The van der Waals surface area contributed by atoms with Gasteiger partial charge in [0.1, 0.15) is 31.0 Å². The zero-order valence-electron chi connectivity index (χ0n) is 29.3. The van der Waals surface area contributed by atoms with Gasteiger partial charge in [-0.25, -0.2) is 14.4 Å². The summed E-state index contributed by atoms with van der Waals surface area (Å²) >= 11 is 0. The maximum absolute atomic E-state index is 13.1. The summed E-state index contributed by atoms with van der Waals surface area (Å²) in [5.41, 5.74) is -0.625. The largest absolute Gasteiger partial charge is 0.467 e. The minimum absolute atomic E-state index is 0.0761. The van der Waals surface area contributed by atoms with E-state index in [9.17, 15) is 24.3 Å². The number of nitrogens with zero attached hydrogens (tertiary/aromatic N) is 1. The molecule has 0 spiro atoms. The van der Waals surface area contributed by atoms with Crippen LogP contribution in [0.3, 0.4) is 0 Å². The standard InChI is InChI=1S/C32H51N3O10Si2/c1-31(2,3)46(8,9)44-25-24(23(37)22(28(38)41-7)34-30(40)42-19-20-15-13-12-14-16-20)43-27(35-18-17-21(36)33-29(35)39)26(25)45-47(10,11)32(4,5)6/h12-18,22-27,37H,19H2,1-11H3,(H,34,40)(H,33,36,39)/t22-,23-,24+,25+,26+,27+/m0/s1. The van der Waals surface area contributed by atoms with Crippen molar-refractivity contribution in [2.45, 2.75) is 121 Å². The third kappa shape index (κ3) is 9.09. The molecule has 47 heavy (non-hydrogen) atoms. The van der Waals surface area contributed by atoms with Crippen LogP contribution in [-0.4, -0.2) is 80.9 Å². The van der Waals surface area contributed by atoms with Crippen LogP contribution in [0.2, 0.25) is 36.3 Å². The normalized spacial score (nSPS) is 22.0. The number of esters is 1. The first-order valence-corrected chi connectivity index (χ1v) is 21.5. The van der Waals surface area contributed by atoms with E-state index in [1.165, 1.54) is 16.8 Å². The summed E-state index contributed by atoms with van der Waals surface area (Å²) in [7, 11) is -4.15. The van der Waals surface area contributed by atoms with Crippen LogP contribution in [-0.2, 0) is 34.5 Å². The average molecular weight is 694 g/mol. The van der Waals surface area contributed by atoms with E-state index in [-0.39, 0.29) is 16.7 Å². The Hall–Kier alpha value is -3.09. The quantitative estimate of drug-likeness (QED) is 0.231. The highest BCUT2D eigenvalue weighted by Crippen LogP contribution is 2.46. The highest BCUT2D eigenvalue weighted by Gasteiger charge is 2.57. The fraction of sp³-hybridized carbons (Fsp3) is 0.625.